The smallest absolute Gasteiger partial charge is 0.258 e. The highest BCUT2D eigenvalue weighted by atomic mass is 32.2. The van der Waals surface area contributed by atoms with Crippen LogP contribution in [-0.2, 0) is 15.2 Å². The van der Waals surface area contributed by atoms with Crippen molar-refractivity contribution in [2.75, 3.05) is 13.2 Å². The molecule has 1 saturated heterocycles. The van der Waals surface area contributed by atoms with E-state index in [2.05, 4.69) is 9.97 Å². The van der Waals surface area contributed by atoms with Crippen LogP contribution in [0.4, 0.5) is 0 Å². The Hall–Kier alpha value is -1.37. The van der Waals surface area contributed by atoms with Gasteiger partial charge < -0.3 is 14.5 Å². The van der Waals surface area contributed by atoms with E-state index in [0.717, 1.165) is 61.6 Å². The van der Waals surface area contributed by atoms with E-state index in [0.29, 0.717) is 10.6 Å². The molecule has 0 radical (unpaired) electrons. The summed E-state index contributed by atoms with van der Waals surface area (Å²) in [5.74, 6) is 1.20. The van der Waals surface area contributed by atoms with Gasteiger partial charge in [0.1, 0.15) is 5.82 Å². The van der Waals surface area contributed by atoms with E-state index in [4.69, 9.17) is 9.47 Å². The highest BCUT2D eigenvalue weighted by Gasteiger charge is 2.40. The van der Waals surface area contributed by atoms with Gasteiger partial charge in [0.05, 0.1) is 29.9 Å². The van der Waals surface area contributed by atoms with E-state index >= 15 is 0 Å². The standard InChI is InChI=1S/C18H22N2O3S/c1-12-3-2-4-14-16(12)19-15(20-17(14)21)11-24-13-5-7-18(8-6-13)22-9-10-23-18/h2-4,13H,5-11H2,1H3,(H,19,20,21). The summed E-state index contributed by atoms with van der Waals surface area (Å²) in [4.78, 5) is 19.8. The van der Waals surface area contributed by atoms with Crippen molar-refractivity contribution in [3.05, 3.63) is 39.9 Å². The third kappa shape index (κ3) is 3.10. The number of aryl methyl sites for hydroxylation is 1. The van der Waals surface area contributed by atoms with E-state index in [1.165, 1.54) is 0 Å². The summed E-state index contributed by atoms with van der Waals surface area (Å²) in [5, 5.41) is 1.24. The maximum atomic E-state index is 12.2. The van der Waals surface area contributed by atoms with Gasteiger partial charge >= 0.3 is 0 Å². The summed E-state index contributed by atoms with van der Waals surface area (Å²) in [7, 11) is 0. The molecule has 0 bridgehead atoms. The molecule has 1 aromatic heterocycles. The lowest BCUT2D eigenvalue weighted by Gasteiger charge is -2.35. The third-order valence-electron chi connectivity index (χ3n) is 4.95. The lowest BCUT2D eigenvalue weighted by Crippen LogP contribution is -2.36. The maximum absolute atomic E-state index is 12.2. The van der Waals surface area contributed by atoms with Crippen molar-refractivity contribution in [1.82, 2.24) is 9.97 Å². The SMILES string of the molecule is Cc1cccc2c(=O)[nH]c(CSC3CCC4(CC3)OCCO4)nc12. The number of nitrogens with one attached hydrogen (secondary N) is 1. The monoisotopic (exact) mass is 346 g/mol. The van der Waals surface area contributed by atoms with Gasteiger partial charge in [0.25, 0.3) is 5.56 Å². The van der Waals surface area contributed by atoms with Crippen LogP contribution in [0.25, 0.3) is 10.9 Å². The molecule has 24 heavy (non-hydrogen) atoms. The second kappa shape index (κ2) is 6.50. The fraction of sp³-hybridized carbons (Fsp3) is 0.556. The van der Waals surface area contributed by atoms with Gasteiger partial charge in [0, 0.05) is 18.1 Å². The molecule has 1 aliphatic heterocycles. The number of H-pyrrole nitrogens is 1. The molecular weight excluding hydrogens is 324 g/mol. The summed E-state index contributed by atoms with van der Waals surface area (Å²) in [5.41, 5.74) is 1.81. The van der Waals surface area contributed by atoms with E-state index in [1.54, 1.807) is 0 Å². The van der Waals surface area contributed by atoms with Crippen LogP contribution in [-0.4, -0.2) is 34.2 Å². The first-order valence-electron chi connectivity index (χ1n) is 8.53. The second-order valence-electron chi connectivity index (χ2n) is 6.60. The minimum atomic E-state index is -0.302. The number of hydrogen-bond donors (Lipinski definition) is 1. The first-order chi connectivity index (χ1) is 11.7. The number of aromatic nitrogens is 2. The van der Waals surface area contributed by atoms with Crippen LogP contribution in [0.3, 0.4) is 0 Å². The van der Waals surface area contributed by atoms with Crippen LogP contribution in [0.15, 0.2) is 23.0 Å². The molecule has 2 fully saturated rings. The van der Waals surface area contributed by atoms with Gasteiger partial charge in [0.15, 0.2) is 5.79 Å². The topological polar surface area (TPSA) is 64.2 Å². The fourth-order valence-corrected chi connectivity index (χ4v) is 4.70. The Morgan fingerprint density at radius 3 is 2.79 bits per heavy atom. The van der Waals surface area contributed by atoms with E-state index in [9.17, 15) is 4.79 Å². The Morgan fingerprint density at radius 2 is 2.04 bits per heavy atom. The zero-order valence-electron chi connectivity index (χ0n) is 13.8. The predicted molar refractivity (Wildman–Crippen MR) is 95.3 cm³/mol. The lowest BCUT2D eigenvalue weighted by molar-refractivity contribution is -0.175. The maximum Gasteiger partial charge on any atom is 0.258 e. The number of thioether (sulfide) groups is 1. The largest absolute Gasteiger partial charge is 0.348 e. The summed E-state index contributed by atoms with van der Waals surface area (Å²) < 4.78 is 11.6. The van der Waals surface area contributed by atoms with Crippen molar-refractivity contribution in [3.63, 3.8) is 0 Å². The average molecular weight is 346 g/mol. The number of hydrogen-bond acceptors (Lipinski definition) is 5. The van der Waals surface area contributed by atoms with Crippen LogP contribution in [0.5, 0.6) is 0 Å². The van der Waals surface area contributed by atoms with Gasteiger partial charge in [-0.2, -0.15) is 11.8 Å². The van der Waals surface area contributed by atoms with Crippen LogP contribution in [0.2, 0.25) is 0 Å². The van der Waals surface area contributed by atoms with Crippen LogP contribution < -0.4 is 5.56 Å². The predicted octanol–water partition coefficient (Wildman–Crippen LogP) is 3.15. The first kappa shape index (κ1) is 16.1. The number of nitrogens with zero attached hydrogens (tertiary/aromatic N) is 1. The number of para-hydroxylation sites is 1. The zero-order valence-corrected chi connectivity index (χ0v) is 14.7. The third-order valence-corrected chi connectivity index (χ3v) is 6.33. The van der Waals surface area contributed by atoms with Crippen molar-refractivity contribution in [2.24, 2.45) is 0 Å². The van der Waals surface area contributed by atoms with Gasteiger partial charge in [-0.3, -0.25) is 4.79 Å². The molecular formula is C18H22N2O3S. The molecule has 4 rings (SSSR count). The number of fused-ring (bicyclic) bond motifs is 1. The number of benzene rings is 1. The molecule has 1 aromatic carbocycles. The van der Waals surface area contributed by atoms with Crippen molar-refractivity contribution in [1.29, 1.82) is 0 Å². The van der Waals surface area contributed by atoms with Crippen molar-refractivity contribution < 1.29 is 9.47 Å². The van der Waals surface area contributed by atoms with Crippen molar-refractivity contribution in [2.45, 2.75) is 49.4 Å². The zero-order chi connectivity index (χ0) is 16.6. The van der Waals surface area contributed by atoms with Gasteiger partial charge in [0.2, 0.25) is 0 Å². The minimum Gasteiger partial charge on any atom is -0.348 e. The van der Waals surface area contributed by atoms with Gasteiger partial charge in [-0.1, -0.05) is 12.1 Å². The highest BCUT2D eigenvalue weighted by Crippen LogP contribution is 2.40. The average Bonchev–Trinajstić information content (AvgIpc) is 3.04. The molecule has 2 heterocycles. The van der Waals surface area contributed by atoms with E-state index in [1.807, 2.05) is 36.9 Å². The minimum absolute atomic E-state index is 0.0466. The molecule has 6 heteroatoms. The fourth-order valence-electron chi connectivity index (χ4n) is 3.60. The molecule has 1 spiro atoms. The second-order valence-corrected chi connectivity index (χ2v) is 7.89. The molecule has 128 valence electrons. The van der Waals surface area contributed by atoms with Crippen molar-refractivity contribution in [3.8, 4) is 0 Å². The van der Waals surface area contributed by atoms with Crippen molar-refractivity contribution >= 4 is 22.7 Å². The normalized spacial score (nSPS) is 20.9. The van der Waals surface area contributed by atoms with E-state index < -0.39 is 0 Å². The molecule has 5 nitrogen and oxygen atoms in total. The number of aromatic amines is 1. The molecule has 0 amide bonds. The number of ether oxygens (including phenoxy) is 2. The Bertz CT molecular complexity index is 788. The van der Waals surface area contributed by atoms with Gasteiger partial charge in [-0.15, -0.1) is 0 Å². The van der Waals surface area contributed by atoms with E-state index in [-0.39, 0.29) is 11.3 Å². The van der Waals surface area contributed by atoms with Crippen LogP contribution >= 0.6 is 11.8 Å². The summed E-state index contributed by atoms with van der Waals surface area (Å²) in [6.07, 6.45) is 4.10. The van der Waals surface area contributed by atoms with Gasteiger partial charge in [-0.25, -0.2) is 4.98 Å². The Balaban J connectivity index is 1.42. The van der Waals surface area contributed by atoms with Crippen LogP contribution in [0.1, 0.15) is 37.1 Å². The summed E-state index contributed by atoms with van der Waals surface area (Å²) in [6, 6.07) is 5.72. The molecule has 1 saturated carbocycles. The molecule has 0 atom stereocenters. The highest BCUT2D eigenvalue weighted by molar-refractivity contribution is 7.99. The number of rotatable bonds is 3. The molecule has 2 aliphatic rings. The molecule has 1 N–H and O–H groups in total. The quantitative estimate of drug-likeness (QED) is 0.925. The Morgan fingerprint density at radius 1 is 1.29 bits per heavy atom. The molecule has 2 aromatic rings. The summed E-state index contributed by atoms with van der Waals surface area (Å²) in [6.45, 7) is 3.44. The van der Waals surface area contributed by atoms with Crippen LogP contribution in [0, 0.1) is 6.92 Å². The molecule has 1 aliphatic carbocycles. The Kier molecular flexibility index (Phi) is 4.37. The summed E-state index contributed by atoms with van der Waals surface area (Å²) >= 11 is 1.87. The molecule has 0 unspecified atom stereocenters. The lowest BCUT2D eigenvalue weighted by atomic mass is 9.94. The first-order valence-corrected chi connectivity index (χ1v) is 9.58. The van der Waals surface area contributed by atoms with Gasteiger partial charge in [-0.05, 0) is 31.4 Å². The Labute approximate surface area is 145 Å².